The molecule has 0 atom stereocenters. The number of carbonyl (C=O) groups is 1. The van der Waals surface area contributed by atoms with Gasteiger partial charge < -0.3 is 15.2 Å². The smallest absolute Gasteiger partial charge is 0.408 e. The second kappa shape index (κ2) is 5.69. The van der Waals surface area contributed by atoms with Gasteiger partial charge in [-0.1, -0.05) is 6.07 Å². The van der Waals surface area contributed by atoms with Gasteiger partial charge in [0.25, 0.3) is 0 Å². The normalized spacial score (nSPS) is 12.1. The van der Waals surface area contributed by atoms with Crippen molar-refractivity contribution >= 4 is 6.09 Å². The summed E-state index contributed by atoms with van der Waals surface area (Å²) in [5.41, 5.74) is -0.411. The maximum atomic E-state index is 13.0. The fraction of sp³-hybridized carbons (Fsp3) is 0.533. The molecule has 112 valence electrons. The Bertz CT molecular complexity index is 492. The van der Waals surface area contributed by atoms with Gasteiger partial charge in [-0.3, -0.25) is 0 Å². The lowest BCUT2D eigenvalue weighted by molar-refractivity contribution is 0.0472. The van der Waals surface area contributed by atoms with E-state index >= 15 is 0 Å². The van der Waals surface area contributed by atoms with Crippen molar-refractivity contribution < 1.29 is 19.0 Å². The van der Waals surface area contributed by atoms with E-state index in [1.54, 1.807) is 26.8 Å². The first-order valence-corrected chi connectivity index (χ1v) is 6.47. The first-order chi connectivity index (χ1) is 8.98. The van der Waals surface area contributed by atoms with Crippen molar-refractivity contribution in [1.82, 2.24) is 5.32 Å². The lowest BCUT2D eigenvalue weighted by atomic mass is 9.95. The minimum absolute atomic E-state index is 0.393. The number of ether oxygens (including phenoxy) is 1. The maximum absolute atomic E-state index is 13.0. The van der Waals surface area contributed by atoms with E-state index < -0.39 is 28.8 Å². The van der Waals surface area contributed by atoms with Crippen LogP contribution in [0.1, 0.15) is 40.2 Å². The van der Waals surface area contributed by atoms with Crippen LogP contribution in [0.5, 0.6) is 5.75 Å². The number of carbonyl (C=O) groups excluding carboxylic acids is 1. The highest BCUT2D eigenvalue weighted by molar-refractivity contribution is 5.68. The summed E-state index contributed by atoms with van der Waals surface area (Å²) in [6.45, 7) is 9.03. The van der Waals surface area contributed by atoms with Crippen LogP contribution in [0.15, 0.2) is 18.2 Å². The van der Waals surface area contributed by atoms with Crippen LogP contribution in [0.2, 0.25) is 0 Å². The molecule has 0 spiro atoms. The second-order valence-electron chi connectivity index (χ2n) is 6.47. The van der Waals surface area contributed by atoms with Gasteiger partial charge in [0, 0.05) is 5.54 Å². The molecule has 1 rings (SSSR count). The van der Waals surface area contributed by atoms with Gasteiger partial charge in [-0.15, -0.1) is 0 Å². The standard InChI is InChI=1S/C15H22FNO3/c1-14(2,3)20-13(19)17-15(4,5)9-10-6-7-11(16)12(18)8-10/h6-8,18H,9H2,1-5H3,(H,17,19). The molecule has 0 unspecified atom stereocenters. The molecular formula is C15H22FNO3. The fourth-order valence-electron chi connectivity index (χ4n) is 1.80. The molecule has 0 aliphatic heterocycles. The zero-order chi connectivity index (χ0) is 15.6. The number of benzene rings is 1. The molecule has 5 heteroatoms. The number of halogens is 1. The van der Waals surface area contributed by atoms with Crippen LogP contribution in [0.4, 0.5) is 9.18 Å². The number of rotatable bonds is 3. The number of aromatic hydroxyl groups is 1. The summed E-state index contributed by atoms with van der Waals surface area (Å²) in [7, 11) is 0. The highest BCUT2D eigenvalue weighted by atomic mass is 19.1. The predicted octanol–water partition coefficient (Wildman–Crippen LogP) is 3.38. The first kappa shape index (κ1) is 16.3. The zero-order valence-corrected chi connectivity index (χ0v) is 12.6. The molecule has 1 aromatic carbocycles. The van der Waals surface area contributed by atoms with Crippen LogP contribution < -0.4 is 5.32 Å². The largest absolute Gasteiger partial charge is 0.505 e. The van der Waals surface area contributed by atoms with Crippen molar-refractivity contribution in [2.75, 3.05) is 0 Å². The Kier molecular flexibility index (Phi) is 4.63. The van der Waals surface area contributed by atoms with E-state index in [0.717, 1.165) is 5.56 Å². The number of hydrogen-bond donors (Lipinski definition) is 2. The summed E-state index contributed by atoms with van der Waals surface area (Å²) in [6.07, 6.45) is -0.0612. The van der Waals surface area contributed by atoms with Crippen molar-refractivity contribution in [2.45, 2.75) is 52.2 Å². The lowest BCUT2D eigenvalue weighted by Crippen LogP contribution is -2.47. The minimum atomic E-state index is -0.661. The first-order valence-electron chi connectivity index (χ1n) is 6.47. The summed E-state index contributed by atoms with van der Waals surface area (Å²) < 4.78 is 18.2. The molecule has 0 aliphatic carbocycles. The van der Waals surface area contributed by atoms with Crippen LogP contribution >= 0.6 is 0 Å². The van der Waals surface area contributed by atoms with Crippen LogP contribution in [-0.4, -0.2) is 22.3 Å². The molecule has 4 nitrogen and oxygen atoms in total. The molecule has 1 amide bonds. The Hall–Kier alpha value is -1.78. The van der Waals surface area contributed by atoms with Gasteiger partial charge >= 0.3 is 6.09 Å². The van der Waals surface area contributed by atoms with E-state index in [9.17, 15) is 14.3 Å². The molecule has 0 bridgehead atoms. The summed E-state index contributed by atoms with van der Waals surface area (Å²) in [6, 6.07) is 4.13. The van der Waals surface area contributed by atoms with Crippen LogP contribution in [0.25, 0.3) is 0 Å². The average Bonchev–Trinajstić information content (AvgIpc) is 2.18. The Balaban J connectivity index is 2.69. The quantitative estimate of drug-likeness (QED) is 0.894. The maximum Gasteiger partial charge on any atom is 0.408 e. The monoisotopic (exact) mass is 283 g/mol. The van der Waals surface area contributed by atoms with E-state index in [1.807, 2.05) is 13.8 Å². The Morgan fingerprint density at radius 2 is 1.90 bits per heavy atom. The number of amides is 1. The highest BCUT2D eigenvalue weighted by Gasteiger charge is 2.25. The summed E-state index contributed by atoms with van der Waals surface area (Å²) in [4.78, 5) is 11.7. The molecule has 0 aromatic heterocycles. The van der Waals surface area contributed by atoms with E-state index in [4.69, 9.17) is 4.74 Å². The van der Waals surface area contributed by atoms with E-state index in [0.29, 0.717) is 6.42 Å². The molecule has 0 heterocycles. The third-order valence-electron chi connectivity index (χ3n) is 2.50. The molecule has 0 aliphatic rings. The van der Waals surface area contributed by atoms with Gasteiger partial charge in [0.15, 0.2) is 11.6 Å². The Labute approximate surface area is 119 Å². The van der Waals surface area contributed by atoms with Gasteiger partial charge in [0.05, 0.1) is 0 Å². The van der Waals surface area contributed by atoms with Gasteiger partial charge in [0.2, 0.25) is 0 Å². The molecule has 20 heavy (non-hydrogen) atoms. The van der Waals surface area contributed by atoms with E-state index in [2.05, 4.69) is 5.32 Å². The van der Waals surface area contributed by atoms with Crippen LogP contribution in [0.3, 0.4) is 0 Å². The molecule has 2 N–H and O–H groups in total. The number of alkyl carbamates (subject to hydrolysis) is 1. The number of phenolic OH excluding ortho intramolecular Hbond substituents is 1. The molecule has 1 aromatic rings. The van der Waals surface area contributed by atoms with Crippen LogP contribution in [-0.2, 0) is 11.2 Å². The molecule has 0 radical (unpaired) electrons. The van der Waals surface area contributed by atoms with Crippen molar-refractivity contribution in [3.63, 3.8) is 0 Å². The molecular weight excluding hydrogens is 261 g/mol. The zero-order valence-electron chi connectivity index (χ0n) is 12.6. The highest BCUT2D eigenvalue weighted by Crippen LogP contribution is 2.21. The van der Waals surface area contributed by atoms with Gasteiger partial charge in [0.1, 0.15) is 5.60 Å². The van der Waals surface area contributed by atoms with Crippen molar-refractivity contribution in [2.24, 2.45) is 0 Å². The number of phenols is 1. The Morgan fingerprint density at radius 3 is 2.40 bits per heavy atom. The Morgan fingerprint density at radius 1 is 1.30 bits per heavy atom. The summed E-state index contributed by atoms with van der Waals surface area (Å²) in [5.74, 6) is -1.05. The lowest BCUT2D eigenvalue weighted by Gasteiger charge is -2.28. The van der Waals surface area contributed by atoms with Gasteiger partial charge in [-0.25, -0.2) is 9.18 Å². The molecule has 0 fully saturated rings. The third kappa shape index (κ3) is 5.47. The second-order valence-corrected chi connectivity index (χ2v) is 6.47. The summed E-state index contributed by atoms with van der Waals surface area (Å²) in [5, 5.41) is 12.1. The fourth-order valence-corrected chi connectivity index (χ4v) is 1.80. The van der Waals surface area contributed by atoms with Gasteiger partial charge in [-0.2, -0.15) is 0 Å². The summed E-state index contributed by atoms with van der Waals surface area (Å²) >= 11 is 0. The predicted molar refractivity (Wildman–Crippen MR) is 75.2 cm³/mol. The number of nitrogens with one attached hydrogen (secondary N) is 1. The van der Waals surface area contributed by atoms with Crippen molar-refractivity contribution in [1.29, 1.82) is 0 Å². The SMILES string of the molecule is CC(C)(Cc1ccc(F)c(O)c1)NC(=O)OC(C)(C)C. The molecule has 0 saturated heterocycles. The molecule has 0 saturated carbocycles. The van der Waals surface area contributed by atoms with E-state index in [-0.39, 0.29) is 0 Å². The van der Waals surface area contributed by atoms with Gasteiger partial charge in [-0.05, 0) is 58.7 Å². The van der Waals surface area contributed by atoms with Crippen LogP contribution in [0, 0.1) is 5.82 Å². The van der Waals surface area contributed by atoms with Crippen molar-refractivity contribution in [3.05, 3.63) is 29.6 Å². The average molecular weight is 283 g/mol. The topological polar surface area (TPSA) is 58.6 Å². The number of hydrogen-bond acceptors (Lipinski definition) is 3. The third-order valence-corrected chi connectivity index (χ3v) is 2.50. The van der Waals surface area contributed by atoms with E-state index in [1.165, 1.54) is 12.1 Å². The minimum Gasteiger partial charge on any atom is -0.505 e. The van der Waals surface area contributed by atoms with Crippen molar-refractivity contribution in [3.8, 4) is 5.75 Å².